The van der Waals surface area contributed by atoms with Crippen molar-refractivity contribution in [2.24, 2.45) is 5.92 Å². The van der Waals surface area contributed by atoms with Crippen LogP contribution in [0.25, 0.3) is 0 Å². The van der Waals surface area contributed by atoms with E-state index >= 15 is 0 Å². The second-order valence-electron chi connectivity index (χ2n) is 6.50. The summed E-state index contributed by atoms with van der Waals surface area (Å²) in [6.07, 6.45) is 16.9. The third kappa shape index (κ3) is 11.8. The molecule has 122 valence electrons. The predicted octanol–water partition coefficient (Wildman–Crippen LogP) is 6.32. The van der Waals surface area contributed by atoms with Crippen molar-refractivity contribution in [3.05, 3.63) is 0 Å². The van der Waals surface area contributed by atoms with Crippen LogP contribution in [-0.2, 0) is 0 Å². The molecule has 0 amide bonds. The van der Waals surface area contributed by atoms with Gasteiger partial charge >= 0.3 is 0 Å². The van der Waals surface area contributed by atoms with Gasteiger partial charge in [0.15, 0.2) is 0 Å². The zero-order chi connectivity index (χ0) is 15.1. The highest BCUT2D eigenvalue weighted by Crippen LogP contribution is 2.13. The first-order valence-corrected chi connectivity index (χ1v) is 9.49. The van der Waals surface area contributed by atoms with Gasteiger partial charge in [-0.1, -0.05) is 91.4 Å². The molecule has 0 aliphatic carbocycles. The molecule has 0 saturated heterocycles. The molecule has 0 aromatic rings. The van der Waals surface area contributed by atoms with Crippen molar-refractivity contribution in [1.29, 1.82) is 0 Å². The van der Waals surface area contributed by atoms with Gasteiger partial charge in [0.25, 0.3) is 0 Å². The van der Waals surface area contributed by atoms with Gasteiger partial charge in [0.2, 0.25) is 0 Å². The third-order valence-corrected chi connectivity index (χ3v) is 4.75. The van der Waals surface area contributed by atoms with E-state index in [4.69, 9.17) is 0 Å². The molecule has 0 aliphatic heterocycles. The fraction of sp³-hybridized carbons (Fsp3) is 1.00. The van der Waals surface area contributed by atoms with Crippen LogP contribution >= 0.6 is 0 Å². The van der Waals surface area contributed by atoms with Crippen LogP contribution in [0.5, 0.6) is 0 Å². The highest BCUT2D eigenvalue weighted by molar-refractivity contribution is 4.69. The molecule has 0 fully saturated rings. The van der Waals surface area contributed by atoms with E-state index in [1.165, 1.54) is 83.6 Å². The topological polar surface area (TPSA) is 12.0 Å². The van der Waals surface area contributed by atoms with Crippen LogP contribution < -0.4 is 5.32 Å². The number of rotatable bonds is 15. The lowest BCUT2D eigenvalue weighted by molar-refractivity contribution is 0.351. The van der Waals surface area contributed by atoms with E-state index in [9.17, 15) is 0 Å². The molecule has 1 heteroatoms. The molecule has 0 heterocycles. The zero-order valence-corrected chi connectivity index (χ0v) is 14.8. The minimum absolute atomic E-state index is 0.698. The molecule has 20 heavy (non-hydrogen) atoms. The molecule has 0 aromatic carbocycles. The van der Waals surface area contributed by atoms with Crippen molar-refractivity contribution in [1.82, 2.24) is 5.32 Å². The summed E-state index contributed by atoms with van der Waals surface area (Å²) in [7, 11) is 0. The minimum Gasteiger partial charge on any atom is -0.314 e. The van der Waals surface area contributed by atoms with E-state index in [1.807, 2.05) is 0 Å². The van der Waals surface area contributed by atoms with Crippen molar-refractivity contribution in [3.8, 4) is 0 Å². The van der Waals surface area contributed by atoms with Crippen LogP contribution in [0.15, 0.2) is 0 Å². The Balaban J connectivity index is 3.20. The Bertz CT molecular complexity index is 175. The summed E-state index contributed by atoms with van der Waals surface area (Å²) >= 11 is 0. The first-order chi connectivity index (χ1) is 9.76. The fourth-order valence-electron chi connectivity index (χ4n) is 3.10. The van der Waals surface area contributed by atoms with Crippen molar-refractivity contribution in [3.63, 3.8) is 0 Å². The number of hydrogen-bond donors (Lipinski definition) is 1. The van der Waals surface area contributed by atoms with Gasteiger partial charge in [0, 0.05) is 6.04 Å². The number of hydrogen-bond acceptors (Lipinski definition) is 1. The van der Waals surface area contributed by atoms with Gasteiger partial charge in [-0.25, -0.2) is 0 Å². The van der Waals surface area contributed by atoms with E-state index in [0.717, 1.165) is 5.92 Å². The molecule has 0 bridgehead atoms. The molecule has 1 unspecified atom stereocenters. The van der Waals surface area contributed by atoms with E-state index < -0.39 is 0 Å². The summed E-state index contributed by atoms with van der Waals surface area (Å²) in [5.74, 6) is 0.859. The molecule has 1 nitrogen and oxygen atoms in total. The molecule has 0 radical (unpaired) electrons. The van der Waals surface area contributed by atoms with Gasteiger partial charge in [-0.05, 0) is 25.8 Å². The summed E-state index contributed by atoms with van der Waals surface area (Å²) < 4.78 is 0. The average molecular weight is 284 g/mol. The molecule has 1 atom stereocenters. The third-order valence-electron chi connectivity index (χ3n) is 4.75. The predicted molar refractivity (Wildman–Crippen MR) is 93.4 cm³/mol. The van der Waals surface area contributed by atoms with Crippen LogP contribution in [0, 0.1) is 5.92 Å². The molecule has 0 rings (SSSR count). The highest BCUT2D eigenvalue weighted by atomic mass is 14.9. The lowest BCUT2D eigenvalue weighted by Crippen LogP contribution is -2.33. The monoisotopic (exact) mass is 283 g/mol. The second-order valence-corrected chi connectivity index (χ2v) is 6.50. The van der Waals surface area contributed by atoms with Crippen molar-refractivity contribution in [2.75, 3.05) is 6.54 Å². The summed E-state index contributed by atoms with van der Waals surface area (Å²) in [6.45, 7) is 10.5. The second kappa shape index (κ2) is 15.4. The van der Waals surface area contributed by atoms with Gasteiger partial charge < -0.3 is 5.32 Å². The van der Waals surface area contributed by atoms with E-state index in [2.05, 4.69) is 33.0 Å². The summed E-state index contributed by atoms with van der Waals surface area (Å²) in [5.41, 5.74) is 0. The van der Waals surface area contributed by atoms with Crippen LogP contribution in [0.2, 0.25) is 0 Å². The van der Waals surface area contributed by atoms with Crippen molar-refractivity contribution in [2.45, 2.75) is 111 Å². The molecule has 0 aliphatic rings. The Morgan fingerprint density at radius 3 is 1.55 bits per heavy atom. The van der Waals surface area contributed by atoms with Crippen LogP contribution in [0.1, 0.15) is 105 Å². The normalized spacial score (nSPS) is 13.1. The largest absolute Gasteiger partial charge is 0.314 e. The summed E-state index contributed by atoms with van der Waals surface area (Å²) in [6, 6.07) is 0.698. The minimum atomic E-state index is 0.698. The Morgan fingerprint density at radius 1 is 0.650 bits per heavy atom. The lowest BCUT2D eigenvalue weighted by Gasteiger charge is -2.22. The van der Waals surface area contributed by atoms with Gasteiger partial charge in [-0.2, -0.15) is 0 Å². The Morgan fingerprint density at radius 2 is 1.10 bits per heavy atom. The SMILES string of the molecule is CCCCCCCCCCCCNC(C)C(CC)CC. The van der Waals surface area contributed by atoms with Crippen molar-refractivity contribution >= 4 is 0 Å². The van der Waals surface area contributed by atoms with E-state index in [1.54, 1.807) is 0 Å². The molecule has 1 N–H and O–H groups in total. The number of unbranched alkanes of at least 4 members (excludes halogenated alkanes) is 9. The van der Waals surface area contributed by atoms with Gasteiger partial charge in [-0.3, -0.25) is 0 Å². The molecule has 0 aromatic heterocycles. The lowest BCUT2D eigenvalue weighted by atomic mass is 9.95. The van der Waals surface area contributed by atoms with Gasteiger partial charge in [0.05, 0.1) is 0 Å². The maximum absolute atomic E-state index is 3.71. The smallest absolute Gasteiger partial charge is 0.00667 e. The van der Waals surface area contributed by atoms with E-state index in [0.29, 0.717) is 6.04 Å². The van der Waals surface area contributed by atoms with Gasteiger partial charge in [0.1, 0.15) is 0 Å². The first-order valence-electron chi connectivity index (χ1n) is 9.49. The first kappa shape index (κ1) is 20.0. The molecular weight excluding hydrogens is 242 g/mol. The molecular formula is C19H41N. The average Bonchev–Trinajstić information content (AvgIpc) is 2.46. The Labute approximate surface area is 129 Å². The molecule has 0 saturated carbocycles. The standard InChI is InChI=1S/C19H41N/c1-5-8-9-10-11-12-13-14-15-16-17-20-18(4)19(6-2)7-3/h18-20H,5-17H2,1-4H3. The van der Waals surface area contributed by atoms with Crippen LogP contribution in [0.3, 0.4) is 0 Å². The molecule has 0 spiro atoms. The Hall–Kier alpha value is -0.0400. The van der Waals surface area contributed by atoms with Gasteiger partial charge in [-0.15, -0.1) is 0 Å². The number of nitrogens with one attached hydrogen (secondary N) is 1. The fourth-order valence-corrected chi connectivity index (χ4v) is 3.10. The maximum Gasteiger partial charge on any atom is 0.00667 e. The van der Waals surface area contributed by atoms with E-state index in [-0.39, 0.29) is 0 Å². The highest BCUT2D eigenvalue weighted by Gasteiger charge is 2.11. The van der Waals surface area contributed by atoms with Crippen LogP contribution in [0.4, 0.5) is 0 Å². The van der Waals surface area contributed by atoms with Crippen LogP contribution in [-0.4, -0.2) is 12.6 Å². The summed E-state index contributed by atoms with van der Waals surface area (Å²) in [5, 5.41) is 3.71. The van der Waals surface area contributed by atoms with Crippen molar-refractivity contribution < 1.29 is 0 Å². The zero-order valence-electron chi connectivity index (χ0n) is 14.8. The maximum atomic E-state index is 3.71. The summed E-state index contributed by atoms with van der Waals surface area (Å²) in [4.78, 5) is 0. The Kier molecular flexibility index (Phi) is 15.3. The quantitative estimate of drug-likeness (QED) is 0.347.